The van der Waals surface area contributed by atoms with Crippen LogP contribution in [0.2, 0.25) is 0 Å². The van der Waals surface area contributed by atoms with Gasteiger partial charge in [0.2, 0.25) is 0 Å². The average Bonchev–Trinajstić information content (AvgIpc) is 3.58. The van der Waals surface area contributed by atoms with Gasteiger partial charge in [0.15, 0.2) is 5.82 Å². The number of rotatable bonds is 5. The van der Waals surface area contributed by atoms with Crippen molar-refractivity contribution >= 4 is 5.52 Å². The van der Waals surface area contributed by atoms with E-state index in [9.17, 15) is 0 Å². The number of hydrogen-bond donors (Lipinski definition) is 0. The number of para-hydroxylation sites is 1. The van der Waals surface area contributed by atoms with Crippen molar-refractivity contribution in [2.24, 2.45) is 0 Å². The highest BCUT2D eigenvalue weighted by molar-refractivity contribution is 5.53. The quantitative estimate of drug-likeness (QED) is 0.418. The largest absolute Gasteiger partial charge is 0.283 e. The molecule has 5 aromatic rings. The van der Waals surface area contributed by atoms with Crippen LogP contribution in [0.4, 0.5) is 0 Å². The number of hydrogen-bond acceptors (Lipinski definition) is 6. The first kappa shape index (κ1) is 19.8. The van der Waals surface area contributed by atoms with E-state index in [2.05, 4.69) is 69.8 Å². The first-order valence-corrected chi connectivity index (χ1v) is 11.3. The van der Waals surface area contributed by atoms with Gasteiger partial charge in [0.25, 0.3) is 0 Å². The van der Waals surface area contributed by atoms with E-state index in [1.54, 1.807) is 0 Å². The zero-order chi connectivity index (χ0) is 22.4. The predicted molar refractivity (Wildman–Crippen MR) is 123 cm³/mol. The normalized spacial score (nSPS) is 16.5. The summed E-state index contributed by atoms with van der Waals surface area (Å²) < 4.78 is 5.81. The molecule has 0 fully saturated rings. The van der Waals surface area contributed by atoms with Gasteiger partial charge >= 0.3 is 0 Å². The Balaban J connectivity index is 1.46. The molecule has 4 aromatic heterocycles. The first-order valence-electron chi connectivity index (χ1n) is 11.3. The maximum atomic E-state index is 4.99. The summed E-state index contributed by atoms with van der Waals surface area (Å²) in [4.78, 5) is 2.44. The zero-order valence-electron chi connectivity index (χ0n) is 18.7. The van der Waals surface area contributed by atoms with Crippen LogP contribution in [0.5, 0.6) is 0 Å². The summed E-state index contributed by atoms with van der Waals surface area (Å²) >= 11 is 0. The molecule has 1 aliphatic heterocycles. The Morgan fingerprint density at radius 3 is 2.73 bits per heavy atom. The molecule has 6 rings (SSSR count). The molecule has 9 nitrogen and oxygen atoms in total. The highest BCUT2D eigenvalue weighted by atomic mass is 15.6. The minimum Gasteiger partial charge on any atom is -0.283 e. The van der Waals surface area contributed by atoms with Gasteiger partial charge in [-0.05, 0) is 40.6 Å². The standard InChI is InChI=1S/C24H25N9/c1-17(2)22-20(16-33(27-22)19-8-4-3-5-9-19)23-24-26-28-29-32(24)13-12-30(23)15-18-14-25-31-11-7-6-10-21(18)31/h3-11,14,16-17,23H,12-13,15H2,1-2H3. The van der Waals surface area contributed by atoms with Crippen LogP contribution in [0.3, 0.4) is 0 Å². The van der Waals surface area contributed by atoms with Crippen LogP contribution in [0, 0.1) is 0 Å². The van der Waals surface area contributed by atoms with Gasteiger partial charge in [0.05, 0.1) is 29.6 Å². The van der Waals surface area contributed by atoms with Crippen molar-refractivity contribution in [2.45, 2.75) is 38.9 Å². The zero-order valence-corrected chi connectivity index (χ0v) is 18.7. The van der Waals surface area contributed by atoms with Crippen LogP contribution in [0.15, 0.2) is 67.1 Å². The Morgan fingerprint density at radius 2 is 1.88 bits per heavy atom. The molecule has 1 aliphatic rings. The minimum absolute atomic E-state index is 0.0951. The van der Waals surface area contributed by atoms with Gasteiger partial charge in [-0.1, -0.05) is 38.1 Å². The molecule has 0 radical (unpaired) electrons. The van der Waals surface area contributed by atoms with Gasteiger partial charge in [-0.25, -0.2) is 13.9 Å². The van der Waals surface area contributed by atoms with Crippen LogP contribution in [0.1, 0.15) is 48.5 Å². The van der Waals surface area contributed by atoms with E-state index >= 15 is 0 Å². The lowest BCUT2D eigenvalue weighted by Gasteiger charge is -2.34. The van der Waals surface area contributed by atoms with E-state index in [4.69, 9.17) is 5.10 Å². The Kier molecular flexibility index (Phi) is 4.76. The average molecular weight is 440 g/mol. The Hall–Kier alpha value is -3.85. The molecule has 0 saturated heterocycles. The third-order valence-corrected chi connectivity index (χ3v) is 6.28. The lowest BCUT2D eigenvalue weighted by atomic mass is 9.97. The lowest BCUT2D eigenvalue weighted by molar-refractivity contribution is 0.163. The monoisotopic (exact) mass is 439 g/mol. The van der Waals surface area contributed by atoms with Crippen molar-refractivity contribution < 1.29 is 0 Å². The SMILES string of the molecule is CC(C)c1nn(-c2ccccc2)cc1C1c2nnnn2CCN1Cc1cnn2ccccc12. The van der Waals surface area contributed by atoms with Crippen molar-refractivity contribution in [2.75, 3.05) is 6.54 Å². The number of benzene rings is 1. The van der Waals surface area contributed by atoms with Crippen molar-refractivity contribution in [3.8, 4) is 5.69 Å². The summed E-state index contributed by atoms with van der Waals surface area (Å²) in [5.74, 6) is 1.11. The maximum Gasteiger partial charge on any atom is 0.173 e. The van der Waals surface area contributed by atoms with Gasteiger partial charge < -0.3 is 0 Å². The molecule has 1 atom stereocenters. The summed E-state index contributed by atoms with van der Waals surface area (Å²) in [6.07, 6.45) is 6.08. The van der Waals surface area contributed by atoms with Gasteiger partial charge in [-0.3, -0.25) is 4.90 Å². The molecule has 5 heterocycles. The van der Waals surface area contributed by atoms with Crippen LogP contribution in [-0.2, 0) is 13.1 Å². The second-order valence-corrected chi connectivity index (χ2v) is 8.74. The maximum absolute atomic E-state index is 4.99. The van der Waals surface area contributed by atoms with E-state index < -0.39 is 0 Å². The third kappa shape index (κ3) is 3.41. The van der Waals surface area contributed by atoms with Gasteiger partial charge in [-0.15, -0.1) is 5.10 Å². The van der Waals surface area contributed by atoms with Crippen molar-refractivity contribution in [3.05, 3.63) is 89.8 Å². The Morgan fingerprint density at radius 1 is 1.03 bits per heavy atom. The van der Waals surface area contributed by atoms with Gasteiger partial charge in [-0.2, -0.15) is 10.2 Å². The van der Waals surface area contributed by atoms with Gasteiger partial charge in [0.1, 0.15) is 6.04 Å². The van der Waals surface area contributed by atoms with Crippen molar-refractivity contribution in [1.82, 2.24) is 44.5 Å². The fourth-order valence-corrected chi connectivity index (χ4v) is 4.69. The summed E-state index contributed by atoms with van der Waals surface area (Å²) in [7, 11) is 0. The highest BCUT2D eigenvalue weighted by Crippen LogP contribution is 2.36. The molecule has 0 amide bonds. The number of nitrogens with zero attached hydrogens (tertiary/aromatic N) is 9. The molecule has 0 aliphatic carbocycles. The number of aromatic nitrogens is 8. The molecule has 1 aromatic carbocycles. The van der Waals surface area contributed by atoms with Crippen LogP contribution in [-0.4, -0.2) is 51.0 Å². The van der Waals surface area contributed by atoms with Crippen LogP contribution >= 0.6 is 0 Å². The molecular weight excluding hydrogens is 414 g/mol. The smallest absolute Gasteiger partial charge is 0.173 e. The molecule has 0 N–H and O–H groups in total. The van der Waals surface area contributed by atoms with Crippen LogP contribution < -0.4 is 0 Å². The Labute approximate surface area is 191 Å². The van der Waals surface area contributed by atoms with E-state index in [0.29, 0.717) is 0 Å². The molecule has 0 saturated carbocycles. The molecule has 9 heteroatoms. The molecular formula is C24H25N9. The summed E-state index contributed by atoms with van der Waals surface area (Å²) in [6.45, 7) is 6.70. The van der Waals surface area contributed by atoms with E-state index in [1.165, 1.54) is 5.56 Å². The second-order valence-electron chi connectivity index (χ2n) is 8.74. The lowest BCUT2D eigenvalue weighted by Crippen LogP contribution is -2.39. The number of pyridine rings is 1. The van der Waals surface area contributed by atoms with E-state index in [0.717, 1.165) is 47.9 Å². The molecule has 33 heavy (non-hydrogen) atoms. The summed E-state index contributed by atoms with van der Waals surface area (Å²) in [5.41, 5.74) is 5.54. The summed E-state index contributed by atoms with van der Waals surface area (Å²) in [6, 6.07) is 16.3. The van der Waals surface area contributed by atoms with Crippen molar-refractivity contribution in [3.63, 3.8) is 0 Å². The number of fused-ring (bicyclic) bond motifs is 2. The van der Waals surface area contributed by atoms with Crippen LogP contribution in [0.25, 0.3) is 11.2 Å². The molecule has 1 unspecified atom stereocenters. The fraction of sp³-hybridized carbons (Fsp3) is 0.292. The Bertz CT molecular complexity index is 1400. The molecule has 0 spiro atoms. The molecule has 166 valence electrons. The summed E-state index contributed by atoms with van der Waals surface area (Å²) in [5, 5.41) is 22.2. The van der Waals surface area contributed by atoms with Gasteiger partial charge in [0, 0.05) is 36.6 Å². The van der Waals surface area contributed by atoms with E-state index in [-0.39, 0.29) is 12.0 Å². The first-order chi connectivity index (χ1) is 16.2. The molecule has 0 bridgehead atoms. The predicted octanol–water partition coefficient (Wildman–Crippen LogP) is 3.24. The van der Waals surface area contributed by atoms with E-state index in [1.807, 2.05) is 50.5 Å². The fourth-order valence-electron chi connectivity index (χ4n) is 4.69. The topological polar surface area (TPSA) is 82.0 Å². The third-order valence-electron chi connectivity index (χ3n) is 6.28. The van der Waals surface area contributed by atoms with Crippen molar-refractivity contribution in [1.29, 1.82) is 0 Å². The second kappa shape index (κ2) is 7.93. The number of tetrazole rings is 1. The minimum atomic E-state index is -0.0951. The highest BCUT2D eigenvalue weighted by Gasteiger charge is 2.35.